The lowest BCUT2D eigenvalue weighted by Crippen LogP contribution is -2.40. The third kappa shape index (κ3) is 3.48. The maximum Gasteiger partial charge on any atom is 0.316 e. The number of ether oxygens (including phenoxy) is 1. The topological polar surface area (TPSA) is 84.6 Å². The first kappa shape index (κ1) is 16.0. The summed E-state index contributed by atoms with van der Waals surface area (Å²) in [6.45, 7) is 4.26. The largest absolute Gasteiger partial charge is 0.378 e. The van der Waals surface area contributed by atoms with Gasteiger partial charge >= 0.3 is 11.8 Å². The molecule has 4 heterocycles. The van der Waals surface area contributed by atoms with Gasteiger partial charge in [-0.25, -0.2) is 4.98 Å². The lowest BCUT2D eigenvalue weighted by Gasteiger charge is -2.27. The van der Waals surface area contributed by atoms with Crippen molar-refractivity contribution in [1.29, 1.82) is 0 Å². The smallest absolute Gasteiger partial charge is 0.316 e. The highest BCUT2D eigenvalue weighted by molar-refractivity contribution is 5.90. The number of hydrogen-bond donors (Lipinski definition) is 0. The van der Waals surface area contributed by atoms with Crippen LogP contribution in [-0.2, 0) is 4.74 Å². The number of amides is 1. The predicted octanol–water partition coefficient (Wildman–Crippen LogP) is 1.59. The highest BCUT2D eigenvalue weighted by Gasteiger charge is 2.24. The number of anilines is 1. The van der Waals surface area contributed by atoms with Gasteiger partial charge in [-0.3, -0.25) is 4.79 Å². The quantitative estimate of drug-likeness (QED) is 0.837. The van der Waals surface area contributed by atoms with Gasteiger partial charge in [-0.15, -0.1) is 0 Å². The van der Waals surface area contributed by atoms with Crippen LogP contribution < -0.4 is 4.90 Å². The molecule has 0 radical (unpaired) electrons. The van der Waals surface area contributed by atoms with Crippen LogP contribution in [0.5, 0.6) is 0 Å². The molecule has 25 heavy (non-hydrogen) atoms. The zero-order valence-electron chi connectivity index (χ0n) is 14.1. The Labute approximate surface area is 145 Å². The zero-order valence-corrected chi connectivity index (χ0v) is 14.1. The number of hydrogen-bond acceptors (Lipinski definition) is 7. The van der Waals surface area contributed by atoms with E-state index in [1.165, 1.54) is 19.3 Å². The average Bonchev–Trinajstić information content (AvgIpc) is 3.19. The van der Waals surface area contributed by atoms with Gasteiger partial charge in [0.1, 0.15) is 5.82 Å². The first-order chi connectivity index (χ1) is 12.3. The van der Waals surface area contributed by atoms with E-state index in [1.807, 2.05) is 12.1 Å². The van der Waals surface area contributed by atoms with E-state index in [4.69, 9.17) is 9.26 Å². The second-order valence-corrected chi connectivity index (χ2v) is 6.28. The average molecular weight is 343 g/mol. The van der Waals surface area contributed by atoms with Crippen LogP contribution in [-0.4, -0.2) is 65.3 Å². The van der Waals surface area contributed by atoms with Gasteiger partial charge < -0.3 is 19.1 Å². The number of nitrogens with zero attached hydrogens (tertiary/aromatic N) is 5. The molecule has 0 atom stereocenters. The molecule has 8 heteroatoms. The molecule has 0 aliphatic carbocycles. The third-order valence-corrected chi connectivity index (χ3v) is 4.59. The monoisotopic (exact) mass is 343 g/mol. The summed E-state index contributed by atoms with van der Waals surface area (Å²) in [7, 11) is 0. The highest BCUT2D eigenvalue weighted by atomic mass is 16.5. The summed E-state index contributed by atoms with van der Waals surface area (Å²) in [5.74, 6) is 1.11. The number of morpholine rings is 1. The van der Waals surface area contributed by atoms with Crippen molar-refractivity contribution in [2.45, 2.75) is 19.3 Å². The lowest BCUT2D eigenvalue weighted by molar-refractivity contribution is 0.0272. The van der Waals surface area contributed by atoms with Crippen molar-refractivity contribution in [2.75, 3.05) is 44.3 Å². The zero-order chi connectivity index (χ0) is 17.1. The molecular weight excluding hydrogens is 322 g/mol. The van der Waals surface area contributed by atoms with E-state index < -0.39 is 0 Å². The van der Waals surface area contributed by atoms with Gasteiger partial charge in [-0.05, 0) is 31.4 Å². The molecule has 1 amide bonds. The van der Waals surface area contributed by atoms with Gasteiger partial charge in [0.15, 0.2) is 0 Å². The molecule has 2 aromatic rings. The molecule has 8 nitrogen and oxygen atoms in total. The first-order valence-electron chi connectivity index (χ1n) is 8.73. The summed E-state index contributed by atoms with van der Waals surface area (Å²) in [5, 5.41) is 3.93. The summed E-state index contributed by atoms with van der Waals surface area (Å²) < 4.78 is 10.4. The van der Waals surface area contributed by atoms with E-state index in [2.05, 4.69) is 20.0 Å². The molecule has 2 fully saturated rings. The van der Waals surface area contributed by atoms with Crippen molar-refractivity contribution in [3.8, 4) is 11.4 Å². The predicted molar refractivity (Wildman–Crippen MR) is 90.3 cm³/mol. The summed E-state index contributed by atoms with van der Waals surface area (Å²) in [6.07, 6.45) is 5.44. The molecule has 2 aliphatic heterocycles. The van der Waals surface area contributed by atoms with Gasteiger partial charge in [0.05, 0.1) is 13.2 Å². The Morgan fingerprint density at radius 3 is 2.56 bits per heavy atom. The van der Waals surface area contributed by atoms with Crippen molar-refractivity contribution in [1.82, 2.24) is 20.0 Å². The third-order valence-electron chi connectivity index (χ3n) is 4.59. The molecule has 4 rings (SSSR count). The van der Waals surface area contributed by atoms with E-state index in [-0.39, 0.29) is 11.8 Å². The van der Waals surface area contributed by atoms with E-state index in [1.54, 1.807) is 11.1 Å². The molecule has 0 bridgehead atoms. The fourth-order valence-electron chi connectivity index (χ4n) is 3.16. The van der Waals surface area contributed by atoms with Crippen molar-refractivity contribution in [3.05, 3.63) is 24.2 Å². The number of aromatic nitrogens is 3. The van der Waals surface area contributed by atoms with Crippen LogP contribution in [0, 0.1) is 0 Å². The maximum atomic E-state index is 12.4. The first-order valence-corrected chi connectivity index (χ1v) is 8.73. The fourth-order valence-corrected chi connectivity index (χ4v) is 3.16. The van der Waals surface area contributed by atoms with Crippen molar-refractivity contribution in [3.63, 3.8) is 0 Å². The Kier molecular flexibility index (Phi) is 4.60. The van der Waals surface area contributed by atoms with E-state index in [0.29, 0.717) is 32.1 Å². The van der Waals surface area contributed by atoms with Crippen LogP contribution in [0.4, 0.5) is 5.82 Å². The molecular formula is C17H21N5O3. The molecule has 2 saturated heterocycles. The summed E-state index contributed by atoms with van der Waals surface area (Å²) >= 11 is 0. The van der Waals surface area contributed by atoms with Crippen molar-refractivity contribution < 1.29 is 14.1 Å². The lowest BCUT2D eigenvalue weighted by atomic mass is 10.1. The van der Waals surface area contributed by atoms with Gasteiger partial charge in [-0.2, -0.15) is 4.98 Å². The standard InChI is InChI=1S/C17H21N5O3/c23-17(22-8-10-24-11-9-22)16-19-15(20-25-16)13-4-5-14(18-12-13)21-6-2-1-3-7-21/h4-5,12H,1-3,6-11H2. The Morgan fingerprint density at radius 2 is 1.84 bits per heavy atom. The highest BCUT2D eigenvalue weighted by Crippen LogP contribution is 2.21. The van der Waals surface area contributed by atoms with Gasteiger partial charge in [0, 0.05) is 37.9 Å². The molecule has 0 spiro atoms. The van der Waals surface area contributed by atoms with Gasteiger partial charge in [0.25, 0.3) is 0 Å². The van der Waals surface area contributed by atoms with Crippen LogP contribution in [0.2, 0.25) is 0 Å². The number of pyridine rings is 1. The molecule has 0 N–H and O–H groups in total. The summed E-state index contributed by atoms with van der Waals surface area (Å²) in [5.41, 5.74) is 0.741. The summed E-state index contributed by atoms with van der Waals surface area (Å²) in [4.78, 5) is 25.1. The molecule has 0 aromatic carbocycles. The molecule has 0 saturated carbocycles. The number of piperidine rings is 1. The Bertz CT molecular complexity index is 718. The Morgan fingerprint density at radius 1 is 1.04 bits per heavy atom. The maximum absolute atomic E-state index is 12.4. The van der Waals surface area contributed by atoms with Crippen molar-refractivity contribution in [2.24, 2.45) is 0 Å². The normalized spacial score (nSPS) is 18.4. The van der Waals surface area contributed by atoms with Crippen molar-refractivity contribution >= 4 is 11.7 Å². The Balaban J connectivity index is 1.46. The van der Waals surface area contributed by atoms with E-state index in [9.17, 15) is 4.79 Å². The van der Waals surface area contributed by atoms with Crippen LogP contribution in [0.1, 0.15) is 29.9 Å². The molecule has 132 valence electrons. The Hall–Kier alpha value is -2.48. The molecule has 0 unspecified atom stereocenters. The minimum absolute atomic E-state index is 0.0111. The summed E-state index contributed by atoms with van der Waals surface area (Å²) in [6, 6.07) is 3.89. The van der Waals surface area contributed by atoms with E-state index in [0.717, 1.165) is 24.5 Å². The van der Waals surface area contributed by atoms with Gasteiger partial charge in [0.2, 0.25) is 5.82 Å². The fraction of sp³-hybridized carbons (Fsp3) is 0.529. The van der Waals surface area contributed by atoms with Crippen LogP contribution >= 0.6 is 0 Å². The number of carbonyl (C=O) groups excluding carboxylic acids is 1. The van der Waals surface area contributed by atoms with Gasteiger partial charge in [-0.1, -0.05) is 5.16 Å². The van der Waals surface area contributed by atoms with E-state index >= 15 is 0 Å². The molecule has 2 aromatic heterocycles. The number of carbonyl (C=O) groups is 1. The van der Waals surface area contributed by atoms with Crippen LogP contribution in [0.3, 0.4) is 0 Å². The minimum Gasteiger partial charge on any atom is -0.378 e. The molecule has 2 aliphatic rings. The van der Waals surface area contributed by atoms with Crippen LogP contribution in [0.25, 0.3) is 11.4 Å². The number of rotatable bonds is 3. The minimum atomic E-state index is -0.250. The second kappa shape index (κ2) is 7.18. The SMILES string of the molecule is O=C(c1nc(-c2ccc(N3CCCCC3)nc2)no1)N1CCOCC1. The second-order valence-electron chi connectivity index (χ2n) is 6.28. The van der Waals surface area contributed by atoms with Crippen LogP contribution in [0.15, 0.2) is 22.9 Å².